The normalized spacial score (nSPS) is 27.8. The minimum absolute atomic E-state index is 0.125. The molecule has 0 amide bonds. The molecule has 25 heavy (non-hydrogen) atoms. The van der Waals surface area contributed by atoms with Crippen LogP contribution in [0.15, 0.2) is 29.3 Å². The van der Waals surface area contributed by atoms with Crippen molar-refractivity contribution in [3.63, 3.8) is 0 Å². The largest absolute Gasteiger partial charge is 0.489 e. The quantitative estimate of drug-likeness (QED) is 0.783. The molecule has 1 aliphatic carbocycles. The molecular weight excluding hydrogens is 312 g/mol. The summed E-state index contributed by atoms with van der Waals surface area (Å²) in [5, 5.41) is 0. The van der Waals surface area contributed by atoms with E-state index in [9.17, 15) is 0 Å². The van der Waals surface area contributed by atoms with Gasteiger partial charge in [0.2, 0.25) is 0 Å². The van der Waals surface area contributed by atoms with E-state index in [-0.39, 0.29) is 12.3 Å². The van der Waals surface area contributed by atoms with Crippen LogP contribution < -0.4 is 4.74 Å². The molecule has 136 valence electrons. The number of ether oxygens (including phenoxy) is 2. The summed E-state index contributed by atoms with van der Waals surface area (Å²) in [4.78, 5) is 6.93. The molecule has 4 heteroatoms. The van der Waals surface area contributed by atoms with E-state index in [0.29, 0.717) is 6.61 Å². The zero-order chi connectivity index (χ0) is 16.9. The number of benzene rings is 1. The van der Waals surface area contributed by atoms with Crippen LogP contribution >= 0.6 is 0 Å². The lowest BCUT2D eigenvalue weighted by Crippen LogP contribution is -2.32. The summed E-state index contributed by atoms with van der Waals surface area (Å²) in [6.45, 7) is 3.86. The van der Waals surface area contributed by atoms with Crippen molar-refractivity contribution < 1.29 is 9.47 Å². The Hall–Kier alpha value is -1.39. The molecule has 0 bridgehead atoms. The molecule has 1 aromatic carbocycles. The summed E-state index contributed by atoms with van der Waals surface area (Å²) in [6, 6.07) is 8.68. The van der Waals surface area contributed by atoms with Crippen LogP contribution in [0.3, 0.4) is 0 Å². The second-order valence-corrected chi connectivity index (χ2v) is 7.65. The maximum absolute atomic E-state index is 5.98. The number of likely N-dealkylation sites (tertiary alicyclic amines) is 1. The van der Waals surface area contributed by atoms with Crippen molar-refractivity contribution >= 4 is 6.21 Å². The van der Waals surface area contributed by atoms with Gasteiger partial charge in [-0.3, -0.25) is 4.99 Å². The number of rotatable bonds is 6. The molecule has 3 aliphatic rings. The van der Waals surface area contributed by atoms with Gasteiger partial charge in [0.15, 0.2) is 6.23 Å². The molecular formula is C21H30N2O2. The lowest BCUT2D eigenvalue weighted by molar-refractivity contribution is 0.00942. The number of hydrogen-bond acceptors (Lipinski definition) is 4. The Morgan fingerprint density at radius 1 is 1.00 bits per heavy atom. The summed E-state index contributed by atoms with van der Waals surface area (Å²) in [7, 11) is 0. The number of hydrogen-bond donors (Lipinski definition) is 0. The molecule has 2 atom stereocenters. The summed E-state index contributed by atoms with van der Waals surface area (Å²) >= 11 is 0. The average Bonchev–Trinajstić information content (AvgIpc) is 3.34. The Morgan fingerprint density at radius 2 is 1.76 bits per heavy atom. The molecule has 0 spiro atoms. The Morgan fingerprint density at radius 3 is 2.52 bits per heavy atom. The van der Waals surface area contributed by atoms with Gasteiger partial charge in [0.25, 0.3) is 0 Å². The maximum Gasteiger partial charge on any atom is 0.182 e. The number of nitrogens with zero attached hydrogens (tertiary/aromatic N) is 2. The smallest absolute Gasteiger partial charge is 0.182 e. The van der Waals surface area contributed by atoms with E-state index in [1.807, 2.05) is 6.21 Å². The van der Waals surface area contributed by atoms with Crippen molar-refractivity contribution in [2.24, 2.45) is 4.99 Å². The van der Waals surface area contributed by atoms with Crippen LogP contribution in [-0.4, -0.2) is 49.7 Å². The van der Waals surface area contributed by atoms with Crippen molar-refractivity contribution in [1.82, 2.24) is 4.90 Å². The van der Waals surface area contributed by atoms with E-state index in [0.717, 1.165) is 18.2 Å². The third kappa shape index (κ3) is 4.62. The van der Waals surface area contributed by atoms with Gasteiger partial charge < -0.3 is 14.4 Å². The second kappa shape index (κ2) is 8.33. The van der Waals surface area contributed by atoms with Crippen molar-refractivity contribution in [2.75, 3.05) is 26.2 Å². The maximum atomic E-state index is 5.98. The van der Waals surface area contributed by atoms with Gasteiger partial charge in [-0.1, -0.05) is 31.4 Å². The van der Waals surface area contributed by atoms with Crippen molar-refractivity contribution in [1.29, 1.82) is 0 Å². The van der Waals surface area contributed by atoms with Crippen LogP contribution in [0, 0.1) is 0 Å². The Balaban J connectivity index is 1.21. The van der Waals surface area contributed by atoms with Gasteiger partial charge in [-0.15, -0.1) is 0 Å². The van der Waals surface area contributed by atoms with Gasteiger partial charge in [0.05, 0.1) is 0 Å². The van der Waals surface area contributed by atoms with E-state index in [1.54, 1.807) is 0 Å². The van der Waals surface area contributed by atoms with Crippen LogP contribution in [0.1, 0.15) is 56.4 Å². The first-order valence-corrected chi connectivity index (χ1v) is 10.0. The van der Waals surface area contributed by atoms with Crippen molar-refractivity contribution in [3.05, 3.63) is 29.8 Å². The first kappa shape index (κ1) is 17.0. The van der Waals surface area contributed by atoms with Crippen LogP contribution in [0.5, 0.6) is 5.75 Å². The average molecular weight is 342 g/mol. The zero-order valence-electron chi connectivity index (χ0n) is 15.1. The third-order valence-electron chi connectivity index (χ3n) is 5.74. The molecule has 2 heterocycles. The standard InChI is InChI=1S/C21H30N2O2/c1-2-6-17(7-3-1)18-8-10-19(11-9-18)24-16-21-22-14-20(25-21)15-23-12-4-5-13-23/h8-11,14,17,20-21H,1-7,12-13,15-16H2/t20?,21-/m0/s1. The Bertz CT molecular complexity index is 560. The van der Waals surface area contributed by atoms with E-state index in [1.165, 1.54) is 63.6 Å². The minimum atomic E-state index is -0.161. The van der Waals surface area contributed by atoms with Gasteiger partial charge in [0.1, 0.15) is 18.5 Å². The molecule has 1 saturated heterocycles. The van der Waals surface area contributed by atoms with E-state index in [4.69, 9.17) is 9.47 Å². The lowest BCUT2D eigenvalue weighted by Gasteiger charge is -2.22. The van der Waals surface area contributed by atoms with Crippen LogP contribution in [0.4, 0.5) is 0 Å². The summed E-state index contributed by atoms with van der Waals surface area (Å²) < 4.78 is 11.9. The van der Waals surface area contributed by atoms with Crippen LogP contribution in [0.25, 0.3) is 0 Å². The molecule has 0 N–H and O–H groups in total. The Kier molecular flexibility index (Phi) is 5.68. The SMILES string of the molecule is C1=N[C@H](COc2ccc(C3CCCCC3)cc2)OC1CN1CCCC1. The first-order chi connectivity index (χ1) is 12.4. The van der Waals surface area contributed by atoms with Crippen LogP contribution in [0.2, 0.25) is 0 Å². The summed E-state index contributed by atoms with van der Waals surface area (Å²) in [5.74, 6) is 1.67. The lowest BCUT2D eigenvalue weighted by atomic mass is 9.84. The molecule has 1 saturated carbocycles. The highest BCUT2D eigenvalue weighted by Gasteiger charge is 2.24. The van der Waals surface area contributed by atoms with Crippen LogP contribution in [-0.2, 0) is 4.74 Å². The monoisotopic (exact) mass is 342 g/mol. The van der Waals surface area contributed by atoms with Crippen molar-refractivity contribution in [3.8, 4) is 5.75 Å². The predicted octanol–water partition coefficient (Wildman–Crippen LogP) is 4.00. The van der Waals surface area contributed by atoms with Gasteiger partial charge in [0, 0.05) is 12.8 Å². The molecule has 1 unspecified atom stereocenters. The van der Waals surface area contributed by atoms with Gasteiger partial charge >= 0.3 is 0 Å². The van der Waals surface area contributed by atoms with E-state index in [2.05, 4.69) is 34.2 Å². The summed E-state index contributed by atoms with van der Waals surface area (Å²) in [5.41, 5.74) is 1.47. The molecule has 4 nitrogen and oxygen atoms in total. The fraction of sp³-hybridized carbons (Fsp3) is 0.667. The van der Waals surface area contributed by atoms with Gasteiger partial charge in [-0.25, -0.2) is 0 Å². The Labute approximate surface area is 151 Å². The highest BCUT2D eigenvalue weighted by molar-refractivity contribution is 5.65. The van der Waals surface area contributed by atoms with Crippen molar-refractivity contribution in [2.45, 2.75) is 63.2 Å². The molecule has 2 aliphatic heterocycles. The second-order valence-electron chi connectivity index (χ2n) is 7.65. The fourth-order valence-corrected chi connectivity index (χ4v) is 4.30. The topological polar surface area (TPSA) is 34.1 Å². The minimum Gasteiger partial charge on any atom is -0.489 e. The molecule has 1 aromatic rings. The highest BCUT2D eigenvalue weighted by Crippen LogP contribution is 2.33. The summed E-state index contributed by atoms with van der Waals surface area (Å²) in [6.07, 6.45) is 11.4. The fourth-order valence-electron chi connectivity index (χ4n) is 4.30. The zero-order valence-corrected chi connectivity index (χ0v) is 15.1. The molecule has 4 rings (SSSR count). The van der Waals surface area contributed by atoms with E-state index >= 15 is 0 Å². The predicted molar refractivity (Wildman–Crippen MR) is 101 cm³/mol. The van der Waals surface area contributed by atoms with Gasteiger partial charge in [-0.2, -0.15) is 0 Å². The molecule has 0 radical (unpaired) electrons. The van der Waals surface area contributed by atoms with E-state index < -0.39 is 0 Å². The first-order valence-electron chi connectivity index (χ1n) is 10.0. The molecule has 2 fully saturated rings. The third-order valence-corrected chi connectivity index (χ3v) is 5.74. The number of aliphatic imine (C=N–C) groups is 1. The van der Waals surface area contributed by atoms with Gasteiger partial charge in [-0.05, 0) is 62.4 Å². The highest BCUT2D eigenvalue weighted by atomic mass is 16.6. The molecule has 0 aromatic heterocycles.